The van der Waals surface area contributed by atoms with Crippen LogP contribution < -0.4 is 5.32 Å². The van der Waals surface area contributed by atoms with Gasteiger partial charge in [-0.2, -0.15) is 0 Å². The molecule has 2 heteroatoms. The SMILES string of the molecule is CO/C=C1\CCNC2CCCC12. The lowest BCUT2D eigenvalue weighted by Crippen LogP contribution is -2.39. The fourth-order valence-corrected chi connectivity index (χ4v) is 2.53. The summed E-state index contributed by atoms with van der Waals surface area (Å²) in [7, 11) is 1.75. The smallest absolute Gasteiger partial charge is 0.0820 e. The van der Waals surface area contributed by atoms with Gasteiger partial charge in [-0.25, -0.2) is 0 Å². The Kier molecular flexibility index (Phi) is 2.35. The fourth-order valence-electron chi connectivity index (χ4n) is 2.53. The molecule has 12 heavy (non-hydrogen) atoms. The Bertz CT molecular complexity index is 188. The van der Waals surface area contributed by atoms with Crippen LogP contribution in [0.15, 0.2) is 11.8 Å². The van der Waals surface area contributed by atoms with Crippen LogP contribution in [0.1, 0.15) is 25.7 Å². The number of rotatable bonds is 1. The topological polar surface area (TPSA) is 21.3 Å². The number of hydrogen-bond donors (Lipinski definition) is 1. The van der Waals surface area contributed by atoms with E-state index in [2.05, 4.69) is 5.32 Å². The van der Waals surface area contributed by atoms with Crippen molar-refractivity contribution in [1.29, 1.82) is 0 Å². The first-order valence-corrected chi connectivity index (χ1v) is 4.87. The largest absolute Gasteiger partial charge is 0.504 e. The van der Waals surface area contributed by atoms with E-state index >= 15 is 0 Å². The molecule has 0 bridgehead atoms. The molecule has 0 aromatic rings. The highest BCUT2D eigenvalue weighted by Crippen LogP contribution is 2.35. The van der Waals surface area contributed by atoms with Gasteiger partial charge in [0.25, 0.3) is 0 Å². The van der Waals surface area contributed by atoms with Crippen molar-refractivity contribution in [2.24, 2.45) is 5.92 Å². The highest BCUT2D eigenvalue weighted by atomic mass is 16.5. The summed E-state index contributed by atoms with van der Waals surface area (Å²) < 4.78 is 5.10. The third-order valence-electron chi connectivity index (χ3n) is 3.08. The first-order valence-electron chi connectivity index (χ1n) is 4.87. The van der Waals surface area contributed by atoms with E-state index in [1.165, 1.54) is 31.3 Å². The molecule has 0 amide bonds. The van der Waals surface area contributed by atoms with Crippen molar-refractivity contribution in [3.63, 3.8) is 0 Å². The van der Waals surface area contributed by atoms with E-state index in [0.29, 0.717) is 0 Å². The minimum Gasteiger partial charge on any atom is -0.504 e. The maximum Gasteiger partial charge on any atom is 0.0820 e. The van der Waals surface area contributed by atoms with Crippen molar-refractivity contribution >= 4 is 0 Å². The van der Waals surface area contributed by atoms with Crippen molar-refractivity contribution < 1.29 is 4.74 Å². The van der Waals surface area contributed by atoms with Crippen molar-refractivity contribution in [2.45, 2.75) is 31.7 Å². The summed E-state index contributed by atoms with van der Waals surface area (Å²) in [5.41, 5.74) is 1.53. The normalized spacial score (nSPS) is 38.2. The van der Waals surface area contributed by atoms with E-state index in [1.807, 2.05) is 6.26 Å². The van der Waals surface area contributed by atoms with Crippen LogP contribution in [-0.2, 0) is 4.74 Å². The Hall–Kier alpha value is -0.500. The maximum atomic E-state index is 5.10. The molecule has 2 unspecified atom stereocenters. The molecule has 2 rings (SSSR count). The number of ether oxygens (including phenoxy) is 1. The van der Waals surface area contributed by atoms with Crippen LogP contribution >= 0.6 is 0 Å². The Labute approximate surface area is 74.0 Å². The first kappa shape index (κ1) is 8.11. The highest BCUT2D eigenvalue weighted by molar-refractivity contribution is 5.13. The van der Waals surface area contributed by atoms with Crippen LogP contribution in [0, 0.1) is 5.92 Å². The second-order valence-electron chi connectivity index (χ2n) is 3.78. The van der Waals surface area contributed by atoms with Gasteiger partial charge in [-0.05, 0) is 37.3 Å². The van der Waals surface area contributed by atoms with Crippen molar-refractivity contribution in [3.8, 4) is 0 Å². The molecule has 68 valence electrons. The summed E-state index contributed by atoms with van der Waals surface area (Å²) in [6.45, 7) is 1.14. The molecule has 1 aliphatic heterocycles. The number of piperidine rings is 1. The summed E-state index contributed by atoms with van der Waals surface area (Å²) in [5.74, 6) is 0.777. The average molecular weight is 167 g/mol. The van der Waals surface area contributed by atoms with Crippen molar-refractivity contribution in [3.05, 3.63) is 11.8 Å². The Morgan fingerprint density at radius 3 is 3.25 bits per heavy atom. The zero-order valence-corrected chi connectivity index (χ0v) is 7.68. The lowest BCUT2D eigenvalue weighted by atomic mass is 9.89. The minimum atomic E-state index is 0.750. The molecule has 1 heterocycles. The van der Waals surface area contributed by atoms with Gasteiger partial charge >= 0.3 is 0 Å². The van der Waals surface area contributed by atoms with Gasteiger partial charge < -0.3 is 10.1 Å². The lowest BCUT2D eigenvalue weighted by Gasteiger charge is -2.29. The van der Waals surface area contributed by atoms with Crippen LogP contribution in [0.3, 0.4) is 0 Å². The summed E-state index contributed by atoms with van der Waals surface area (Å²) in [6.07, 6.45) is 7.22. The molecule has 2 fully saturated rings. The van der Waals surface area contributed by atoms with E-state index in [0.717, 1.165) is 18.5 Å². The van der Waals surface area contributed by atoms with Gasteiger partial charge in [-0.1, -0.05) is 6.42 Å². The molecule has 2 nitrogen and oxygen atoms in total. The molecule has 0 radical (unpaired) electrons. The molecular weight excluding hydrogens is 150 g/mol. The molecule has 2 aliphatic rings. The van der Waals surface area contributed by atoms with Crippen molar-refractivity contribution in [2.75, 3.05) is 13.7 Å². The van der Waals surface area contributed by atoms with E-state index in [-0.39, 0.29) is 0 Å². The van der Waals surface area contributed by atoms with Gasteiger partial charge in [0.15, 0.2) is 0 Å². The predicted molar refractivity (Wildman–Crippen MR) is 48.8 cm³/mol. The molecular formula is C10H17NO. The minimum absolute atomic E-state index is 0.750. The third kappa shape index (κ3) is 1.36. The van der Waals surface area contributed by atoms with E-state index in [4.69, 9.17) is 4.74 Å². The van der Waals surface area contributed by atoms with E-state index in [9.17, 15) is 0 Å². The van der Waals surface area contributed by atoms with Gasteiger partial charge in [0, 0.05) is 6.04 Å². The Morgan fingerprint density at radius 2 is 2.42 bits per heavy atom. The number of nitrogens with one attached hydrogen (secondary N) is 1. The maximum absolute atomic E-state index is 5.10. The Balaban J connectivity index is 2.08. The summed E-state index contributed by atoms with van der Waals surface area (Å²) in [5, 5.41) is 3.57. The van der Waals surface area contributed by atoms with Crippen molar-refractivity contribution in [1.82, 2.24) is 5.32 Å². The molecule has 0 aromatic carbocycles. The number of methoxy groups -OCH3 is 1. The molecule has 0 aromatic heterocycles. The van der Waals surface area contributed by atoms with E-state index < -0.39 is 0 Å². The predicted octanol–water partition coefficient (Wildman–Crippen LogP) is 1.68. The monoisotopic (exact) mass is 167 g/mol. The molecule has 1 aliphatic carbocycles. The molecule has 1 saturated heterocycles. The first-order chi connectivity index (χ1) is 5.92. The fraction of sp³-hybridized carbons (Fsp3) is 0.800. The molecule has 1 saturated carbocycles. The van der Waals surface area contributed by atoms with Gasteiger partial charge in [0.2, 0.25) is 0 Å². The lowest BCUT2D eigenvalue weighted by molar-refractivity contribution is 0.310. The van der Waals surface area contributed by atoms with Gasteiger partial charge in [-0.3, -0.25) is 0 Å². The van der Waals surface area contributed by atoms with Crippen LogP contribution in [0.4, 0.5) is 0 Å². The molecule has 2 atom stereocenters. The average Bonchev–Trinajstić information content (AvgIpc) is 2.53. The Morgan fingerprint density at radius 1 is 1.50 bits per heavy atom. The van der Waals surface area contributed by atoms with Crippen LogP contribution in [0.5, 0.6) is 0 Å². The molecule has 0 spiro atoms. The quantitative estimate of drug-likeness (QED) is 0.600. The summed E-state index contributed by atoms with van der Waals surface area (Å²) >= 11 is 0. The highest BCUT2D eigenvalue weighted by Gasteiger charge is 2.32. The third-order valence-corrected chi connectivity index (χ3v) is 3.08. The zero-order chi connectivity index (χ0) is 8.39. The number of fused-ring (bicyclic) bond motifs is 1. The van der Waals surface area contributed by atoms with Crippen LogP contribution in [0.2, 0.25) is 0 Å². The van der Waals surface area contributed by atoms with Crippen LogP contribution in [-0.4, -0.2) is 19.7 Å². The molecule has 1 N–H and O–H groups in total. The summed E-state index contributed by atoms with van der Waals surface area (Å²) in [4.78, 5) is 0. The van der Waals surface area contributed by atoms with Gasteiger partial charge in [-0.15, -0.1) is 0 Å². The zero-order valence-electron chi connectivity index (χ0n) is 7.68. The van der Waals surface area contributed by atoms with Gasteiger partial charge in [0.1, 0.15) is 0 Å². The van der Waals surface area contributed by atoms with Gasteiger partial charge in [0.05, 0.1) is 13.4 Å². The standard InChI is InChI=1S/C10H17NO/c1-12-7-8-5-6-11-10-4-2-3-9(8)10/h7,9-11H,2-6H2,1H3/b8-7+. The second-order valence-corrected chi connectivity index (χ2v) is 3.78. The second kappa shape index (κ2) is 3.48. The number of hydrogen-bond acceptors (Lipinski definition) is 2. The van der Waals surface area contributed by atoms with Crippen LogP contribution in [0.25, 0.3) is 0 Å². The summed E-state index contributed by atoms with van der Waals surface area (Å²) in [6, 6.07) is 0.750. The van der Waals surface area contributed by atoms with E-state index in [1.54, 1.807) is 7.11 Å².